The summed E-state index contributed by atoms with van der Waals surface area (Å²) in [4.78, 5) is 0. The molecule has 6 heteroatoms. The van der Waals surface area contributed by atoms with Crippen molar-refractivity contribution in [3.63, 3.8) is 0 Å². The molecule has 0 radical (unpaired) electrons. The molecule has 0 aromatic carbocycles. The SMILES string of the molecule is CNCCC/C=C/S(=O)CCC(F)(F)F. The average Bonchev–Trinajstić information content (AvgIpc) is 2.13. The van der Waals surface area contributed by atoms with E-state index in [1.165, 1.54) is 5.41 Å². The quantitative estimate of drug-likeness (QED) is 0.694. The largest absolute Gasteiger partial charge is 0.390 e. The minimum atomic E-state index is -4.21. The Kier molecular flexibility index (Phi) is 7.68. The van der Waals surface area contributed by atoms with Crippen LogP contribution in [0.15, 0.2) is 11.5 Å². The van der Waals surface area contributed by atoms with Crippen LogP contribution in [-0.4, -0.2) is 29.7 Å². The summed E-state index contributed by atoms with van der Waals surface area (Å²) in [6.07, 6.45) is -1.90. The Morgan fingerprint density at radius 2 is 2.07 bits per heavy atom. The average molecular weight is 243 g/mol. The predicted molar refractivity (Wildman–Crippen MR) is 56.0 cm³/mol. The van der Waals surface area contributed by atoms with Crippen molar-refractivity contribution in [2.45, 2.75) is 25.4 Å². The zero-order valence-electron chi connectivity index (χ0n) is 8.64. The van der Waals surface area contributed by atoms with Gasteiger partial charge < -0.3 is 5.32 Å². The Morgan fingerprint density at radius 3 is 2.60 bits per heavy atom. The number of rotatable bonds is 7. The molecule has 0 amide bonds. The van der Waals surface area contributed by atoms with Crippen molar-refractivity contribution in [2.24, 2.45) is 0 Å². The summed E-state index contributed by atoms with van der Waals surface area (Å²) in [6, 6.07) is 0. The van der Waals surface area contributed by atoms with E-state index in [1.807, 2.05) is 7.05 Å². The highest BCUT2D eigenvalue weighted by Gasteiger charge is 2.27. The third-order valence-corrected chi connectivity index (χ3v) is 2.73. The number of allylic oxidation sites excluding steroid dienone is 1. The minimum Gasteiger partial charge on any atom is -0.320 e. The van der Waals surface area contributed by atoms with Gasteiger partial charge in [-0.3, -0.25) is 4.21 Å². The molecule has 0 aliphatic rings. The first-order chi connectivity index (χ1) is 6.95. The lowest BCUT2D eigenvalue weighted by Gasteiger charge is -2.03. The first-order valence-corrected chi connectivity index (χ1v) is 6.09. The van der Waals surface area contributed by atoms with Crippen LogP contribution < -0.4 is 5.32 Å². The zero-order valence-corrected chi connectivity index (χ0v) is 9.46. The predicted octanol–water partition coefficient (Wildman–Crippen LogP) is 2.20. The Bertz CT molecular complexity index is 216. The molecule has 90 valence electrons. The number of halogens is 3. The van der Waals surface area contributed by atoms with E-state index in [-0.39, 0.29) is 5.75 Å². The van der Waals surface area contributed by atoms with Crippen LogP contribution >= 0.6 is 0 Å². The van der Waals surface area contributed by atoms with E-state index < -0.39 is 23.4 Å². The number of alkyl halides is 3. The van der Waals surface area contributed by atoms with Gasteiger partial charge in [-0.1, -0.05) is 6.08 Å². The molecule has 1 N–H and O–H groups in total. The highest BCUT2D eigenvalue weighted by atomic mass is 32.2. The summed E-state index contributed by atoms with van der Waals surface area (Å²) in [5.41, 5.74) is 0. The highest BCUT2D eigenvalue weighted by Crippen LogP contribution is 2.19. The van der Waals surface area contributed by atoms with Crippen LogP contribution in [0.5, 0.6) is 0 Å². The smallest absolute Gasteiger partial charge is 0.320 e. The lowest BCUT2D eigenvalue weighted by atomic mass is 10.3. The van der Waals surface area contributed by atoms with Gasteiger partial charge in [-0.25, -0.2) is 0 Å². The van der Waals surface area contributed by atoms with E-state index in [9.17, 15) is 17.4 Å². The van der Waals surface area contributed by atoms with Crippen molar-refractivity contribution in [3.8, 4) is 0 Å². The molecule has 0 aliphatic heterocycles. The Hall–Kier alpha value is -0.360. The molecule has 2 nitrogen and oxygen atoms in total. The molecular weight excluding hydrogens is 227 g/mol. The second-order valence-corrected chi connectivity index (χ2v) is 4.51. The molecule has 0 bridgehead atoms. The molecule has 0 aliphatic carbocycles. The third kappa shape index (κ3) is 11.6. The van der Waals surface area contributed by atoms with Gasteiger partial charge in [0.25, 0.3) is 0 Å². The van der Waals surface area contributed by atoms with Crippen LogP contribution in [0, 0.1) is 0 Å². The second-order valence-electron chi connectivity index (χ2n) is 3.07. The molecular formula is C9H16F3NOS. The van der Waals surface area contributed by atoms with Gasteiger partial charge in [-0.15, -0.1) is 0 Å². The number of unbranched alkanes of at least 4 members (excludes halogenated alkanes) is 1. The number of hydrogen-bond donors (Lipinski definition) is 1. The Morgan fingerprint density at radius 1 is 1.40 bits per heavy atom. The lowest BCUT2D eigenvalue weighted by Crippen LogP contribution is -2.11. The van der Waals surface area contributed by atoms with Crippen molar-refractivity contribution >= 4 is 10.8 Å². The minimum absolute atomic E-state index is 0.341. The number of nitrogens with one attached hydrogen (secondary N) is 1. The van der Waals surface area contributed by atoms with Crippen molar-refractivity contribution in [1.82, 2.24) is 5.32 Å². The van der Waals surface area contributed by atoms with E-state index in [0.29, 0.717) is 0 Å². The van der Waals surface area contributed by atoms with E-state index in [1.54, 1.807) is 6.08 Å². The Balaban J connectivity index is 3.56. The number of hydrogen-bond acceptors (Lipinski definition) is 2. The lowest BCUT2D eigenvalue weighted by molar-refractivity contribution is -0.129. The van der Waals surface area contributed by atoms with Crippen LogP contribution in [0.25, 0.3) is 0 Å². The van der Waals surface area contributed by atoms with Gasteiger partial charge in [0.1, 0.15) is 0 Å². The summed E-state index contributed by atoms with van der Waals surface area (Å²) in [7, 11) is 0.332. The van der Waals surface area contributed by atoms with E-state index in [0.717, 1.165) is 19.4 Å². The van der Waals surface area contributed by atoms with Crippen LogP contribution in [0.1, 0.15) is 19.3 Å². The van der Waals surface area contributed by atoms with Crippen LogP contribution in [0.4, 0.5) is 13.2 Å². The monoisotopic (exact) mass is 243 g/mol. The van der Waals surface area contributed by atoms with Crippen LogP contribution in [0.2, 0.25) is 0 Å². The fraction of sp³-hybridized carbons (Fsp3) is 0.778. The van der Waals surface area contributed by atoms with Crippen LogP contribution in [-0.2, 0) is 10.8 Å². The Labute approximate surface area is 90.4 Å². The molecule has 0 heterocycles. The molecule has 1 atom stereocenters. The van der Waals surface area contributed by atoms with Gasteiger partial charge in [0, 0.05) is 16.6 Å². The first-order valence-electron chi connectivity index (χ1n) is 4.71. The third-order valence-electron chi connectivity index (χ3n) is 1.63. The molecule has 0 spiro atoms. The highest BCUT2D eigenvalue weighted by molar-refractivity contribution is 7.87. The van der Waals surface area contributed by atoms with Gasteiger partial charge >= 0.3 is 6.18 Å². The summed E-state index contributed by atoms with van der Waals surface area (Å²) in [6.45, 7) is 0.847. The van der Waals surface area contributed by atoms with Gasteiger partial charge in [-0.05, 0) is 31.8 Å². The maximum atomic E-state index is 11.7. The zero-order chi connectivity index (χ0) is 11.7. The van der Waals surface area contributed by atoms with Gasteiger partial charge in [-0.2, -0.15) is 13.2 Å². The topological polar surface area (TPSA) is 29.1 Å². The molecule has 0 fully saturated rings. The summed E-state index contributed by atoms with van der Waals surface area (Å²) >= 11 is 0. The summed E-state index contributed by atoms with van der Waals surface area (Å²) in [5.74, 6) is -0.341. The molecule has 15 heavy (non-hydrogen) atoms. The molecule has 0 saturated carbocycles. The van der Waals surface area contributed by atoms with E-state index >= 15 is 0 Å². The molecule has 0 saturated heterocycles. The van der Waals surface area contributed by atoms with Crippen molar-refractivity contribution < 1.29 is 17.4 Å². The summed E-state index contributed by atoms with van der Waals surface area (Å²) < 4.78 is 46.2. The van der Waals surface area contributed by atoms with Gasteiger partial charge in [0.2, 0.25) is 0 Å². The standard InChI is InChI=1S/C9H16F3NOS/c1-13-6-3-2-4-7-15(14)8-5-9(10,11)12/h4,7,13H,2-3,5-6,8H2,1H3/b7-4+. The molecule has 0 rings (SSSR count). The van der Waals surface area contributed by atoms with E-state index in [4.69, 9.17) is 0 Å². The maximum absolute atomic E-state index is 11.7. The molecule has 0 aromatic rings. The summed E-state index contributed by atoms with van der Waals surface area (Å²) in [5, 5.41) is 4.29. The van der Waals surface area contributed by atoms with Gasteiger partial charge in [0.15, 0.2) is 0 Å². The normalized spacial score (nSPS) is 14.7. The van der Waals surface area contributed by atoms with E-state index in [2.05, 4.69) is 5.32 Å². The fourth-order valence-corrected chi connectivity index (χ4v) is 1.78. The van der Waals surface area contributed by atoms with Crippen molar-refractivity contribution in [3.05, 3.63) is 11.5 Å². The van der Waals surface area contributed by atoms with Crippen LogP contribution in [0.3, 0.4) is 0 Å². The molecule has 0 aromatic heterocycles. The van der Waals surface area contributed by atoms with Gasteiger partial charge in [0.05, 0.1) is 6.42 Å². The van der Waals surface area contributed by atoms with Crippen molar-refractivity contribution in [1.29, 1.82) is 0 Å². The first kappa shape index (κ1) is 14.6. The second kappa shape index (κ2) is 7.87. The van der Waals surface area contributed by atoms with Crippen molar-refractivity contribution in [2.75, 3.05) is 19.3 Å². The maximum Gasteiger partial charge on any atom is 0.390 e. The fourth-order valence-electron chi connectivity index (χ4n) is 0.856. The molecule has 1 unspecified atom stereocenters.